The molecule has 2 saturated heterocycles. The van der Waals surface area contributed by atoms with Crippen LogP contribution < -0.4 is 0 Å². The Kier molecular flexibility index (Phi) is 2.70. The third-order valence-corrected chi connectivity index (χ3v) is 4.06. The Bertz CT molecular complexity index is 551. The van der Waals surface area contributed by atoms with E-state index >= 15 is 0 Å². The highest BCUT2D eigenvalue weighted by molar-refractivity contribution is 5.88. The van der Waals surface area contributed by atoms with Gasteiger partial charge in [0.05, 0.1) is 29.7 Å². The van der Waals surface area contributed by atoms with Gasteiger partial charge in [-0.25, -0.2) is 4.68 Å². The summed E-state index contributed by atoms with van der Waals surface area (Å²) >= 11 is 0. The zero-order valence-corrected chi connectivity index (χ0v) is 10.9. The second-order valence-electron chi connectivity index (χ2n) is 5.36. The van der Waals surface area contributed by atoms with Gasteiger partial charge in [-0.1, -0.05) is 0 Å². The average Bonchev–Trinajstić information content (AvgIpc) is 3.01. The van der Waals surface area contributed by atoms with Gasteiger partial charge in [0.2, 0.25) is 0 Å². The van der Waals surface area contributed by atoms with Crippen molar-refractivity contribution in [1.29, 1.82) is 0 Å². The fourth-order valence-electron chi connectivity index (χ4n) is 3.30. The van der Waals surface area contributed by atoms with Crippen LogP contribution in [0.1, 0.15) is 29.0 Å². The summed E-state index contributed by atoms with van der Waals surface area (Å²) in [6.07, 6.45) is 0.878. The lowest BCUT2D eigenvalue weighted by Gasteiger charge is -2.23. The van der Waals surface area contributed by atoms with Crippen LogP contribution in [0.5, 0.6) is 0 Å². The van der Waals surface area contributed by atoms with Crippen LogP contribution in [0.4, 0.5) is 0 Å². The first-order valence-electron chi connectivity index (χ1n) is 6.45. The maximum Gasteiger partial charge on any atom is 0.310 e. The molecule has 1 N–H and O–H groups in total. The Morgan fingerprint density at radius 3 is 2.47 bits per heavy atom. The van der Waals surface area contributed by atoms with Crippen LogP contribution in [0.25, 0.3) is 0 Å². The van der Waals surface area contributed by atoms with Gasteiger partial charge in [-0.3, -0.25) is 9.59 Å². The third kappa shape index (κ3) is 1.78. The molecule has 0 radical (unpaired) electrons. The maximum absolute atomic E-state index is 12.5. The molecule has 0 aromatic carbocycles. The van der Waals surface area contributed by atoms with Gasteiger partial charge >= 0.3 is 5.97 Å². The monoisotopic (exact) mass is 264 g/mol. The van der Waals surface area contributed by atoms with Gasteiger partial charge < -0.3 is 9.84 Å². The predicted molar refractivity (Wildman–Crippen MR) is 64.8 cm³/mol. The lowest BCUT2D eigenvalue weighted by atomic mass is 9.79. The summed E-state index contributed by atoms with van der Waals surface area (Å²) < 4.78 is 6.92. The number of carboxylic acids is 1. The van der Waals surface area contributed by atoms with E-state index in [4.69, 9.17) is 4.74 Å². The lowest BCUT2D eigenvalue weighted by Crippen LogP contribution is -2.41. The summed E-state index contributed by atoms with van der Waals surface area (Å²) in [4.78, 5) is 23.9. The van der Waals surface area contributed by atoms with Crippen molar-refractivity contribution in [3.05, 3.63) is 17.5 Å². The Morgan fingerprint density at radius 1 is 1.32 bits per heavy atom. The average molecular weight is 264 g/mol. The van der Waals surface area contributed by atoms with Crippen molar-refractivity contribution < 1.29 is 19.4 Å². The summed E-state index contributed by atoms with van der Waals surface area (Å²) in [6, 6.07) is 1.81. The fraction of sp³-hybridized carbons (Fsp3) is 0.615. The summed E-state index contributed by atoms with van der Waals surface area (Å²) in [5.74, 6) is -2.57. The smallest absolute Gasteiger partial charge is 0.310 e. The van der Waals surface area contributed by atoms with E-state index in [2.05, 4.69) is 5.10 Å². The minimum Gasteiger partial charge on any atom is -0.481 e. The zero-order valence-electron chi connectivity index (χ0n) is 10.9. The molecule has 2 bridgehead atoms. The molecule has 0 amide bonds. The van der Waals surface area contributed by atoms with Crippen LogP contribution in [-0.4, -0.2) is 39.0 Å². The maximum atomic E-state index is 12.5. The number of carbonyl (C=O) groups excluding carboxylic acids is 1. The molecule has 3 rings (SSSR count). The van der Waals surface area contributed by atoms with Crippen LogP contribution in [-0.2, 0) is 9.53 Å². The van der Waals surface area contributed by atoms with Gasteiger partial charge in [0.15, 0.2) is 0 Å². The van der Waals surface area contributed by atoms with E-state index in [1.807, 2.05) is 13.0 Å². The van der Waals surface area contributed by atoms with Gasteiger partial charge in [-0.2, -0.15) is 5.10 Å². The first-order valence-corrected chi connectivity index (χ1v) is 6.45. The minimum absolute atomic E-state index is 0.259. The number of carboxylic acid groups (broad SMARTS) is 1. The highest BCUT2D eigenvalue weighted by Crippen LogP contribution is 2.44. The molecular formula is C13H16N2O4. The minimum atomic E-state index is -0.952. The highest BCUT2D eigenvalue weighted by atomic mass is 16.5. The molecule has 4 atom stereocenters. The molecule has 6 nitrogen and oxygen atoms in total. The molecule has 1 aromatic heterocycles. The molecule has 2 aliphatic heterocycles. The lowest BCUT2D eigenvalue weighted by molar-refractivity contribution is -0.144. The second kappa shape index (κ2) is 4.16. The molecule has 0 unspecified atom stereocenters. The van der Waals surface area contributed by atoms with Crippen molar-refractivity contribution in [2.75, 3.05) is 0 Å². The highest BCUT2D eigenvalue weighted by Gasteiger charge is 2.56. The van der Waals surface area contributed by atoms with Gasteiger partial charge in [0, 0.05) is 5.69 Å². The van der Waals surface area contributed by atoms with E-state index in [9.17, 15) is 14.7 Å². The van der Waals surface area contributed by atoms with E-state index in [1.165, 1.54) is 4.68 Å². The van der Waals surface area contributed by atoms with Gasteiger partial charge in [0.1, 0.15) is 0 Å². The number of aliphatic carboxylic acids is 1. The Morgan fingerprint density at radius 2 is 1.95 bits per heavy atom. The summed E-state index contributed by atoms with van der Waals surface area (Å²) in [7, 11) is 0. The molecule has 19 heavy (non-hydrogen) atoms. The Hall–Kier alpha value is -1.69. The number of aromatic nitrogens is 2. The number of fused-ring (bicyclic) bond motifs is 2. The topological polar surface area (TPSA) is 81.4 Å². The quantitative estimate of drug-likeness (QED) is 0.862. The first kappa shape index (κ1) is 12.3. The predicted octanol–water partition coefficient (Wildman–Crippen LogP) is 1.02. The Balaban J connectivity index is 1.94. The molecule has 2 aliphatic rings. The van der Waals surface area contributed by atoms with E-state index in [0.717, 1.165) is 24.2 Å². The first-order chi connectivity index (χ1) is 8.99. The molecule has 0 spiro atoms. The molecule has 0 saturated carbocycles. The molecule has 1 aromatic rings. The van der Waals surface area contributed by atoms with Gasteiger partial charge in [-0.05, 0) is 32.8 Å². The summed E-state index contributed by atoms with van der Waals surface area (Å²) in [5, 5.41) is 13.5. The number of hydrogen-bond donors (Lipinski definition) is 1. The van der Waals surface area contributed by atoms with Crippen LogP contribution in [0, 0.1) is 25.7 Å². The third-order valence-electron chi connectivity index (χ3n) is 4.06. The normalized spacial score (nSPS) is 32.7. The van der Waals surface area contributed by atoms with Crippen LogP contribution >= 0.6 is 0 Å². The molecular weight excluding hydrogens is 248 g/mol. The van der Waals surface area contributed by atoms with Gasteiger partial charge in [-0.15, -0.1) is 0 Å². The second-order valence-corrected chi connectivity index (χ2v) is 5.36. The SMILES string of the molecule is Cc1cc(C)n(C(=O)[C@@H]2[C@H](C(=O)O)[C@H]3CC[C@H]2O3)n1. The largest absolute Gasteiger partial charge is 0.481 e. The van der Waals surface area contributed by atoms with E-state index in [-0.39, 0.29) is 18.1 Å². The molecule has 2 fully saturated rings. The van der Waals surface area contributed by atoms with Crippen LogP contribution in [0.2, 0.25) is 0 Å². The fourth-order valence-corrected chi connectivity index (χ4v) is 3.30. The zero-order chi connectivity index (χ0) is 13.7. The van der Waals surface area contributed by atoms with E-state index < -0.39 is 17.8 Å². The molecule has 3 heterocycles. The van der Waals surface area contributed by atoms with Crippen molar-refractivity contribution in [2.45, 2.75) is 38.9 Å². The van der Waals surface area contributed by atoms with Crippen molar-refractivity contribution >= 4 is 11.9 Å². The van der Waals surface area contributed by atoms with E-state index in [0.29, 0.717) is 0 Å². The number of nitrogens with zero attached hydrogens (tertiary/aromatic N) is 2. The van der Waals surface area contributed by atoms with Crippen molar-refractivity contribution in [2.24, 2.45) is 11.8 Å². The standard InChI is InChI=1S/C13H16N2O4/c1-6-5-7(2)15(14-6)12(16)10-8-3-4-9(19-8)11(10)13(17)18/h5,8-11H,3-4H2,1-2H3,(H,17,18)/t8-,9-,10+,11-/m1/s1. The Labute approximate surface area is 110 Å². The number of rotatable bonds is 2. The van der Waals surface area contributed by atoms with Crippen LogP contribution in [0.3, 0.4) is 0 Å². The van der Waals surface area contributed by atoms with Gasteiger partial charge in [0.25, 0.3) is 5.91 Å². The van der Waals surface area contributed by atoms with E-state index in [1.54, 1.807) is 6.92 Å². The number of carbonyl (C=O) groups is 2. The molecule has 6 heteroatoms. The van der Waals surface area contributed by atoms with Crippen molar-refractivity contribution in [3.8, 4) is 0 Å². The molecule has 102 valence electrons. The number of aryl methyl sites for hydroxylation is 2. The van der Waals surface area contributed by atoms with Crippen molar-refractivity contribution in [3.63, 3.8) is 0 Å². The number of hydrogen-bond acceptors (Lipinski definition) is 4. The van der Waals surface area contributed by atoms with Crippen molar-refractivity contribution in [1.82, 2.24) is 9.78 Å². The summed E-state index contributed by atoms with van der Waals surface area (Å²) in [6.45, 7) is 3.60. The van der Waals surface area contributed by atoms with Crippen LogP contribution in [0.15, 0.2) is 6.07 Å². The number of ether oxygens (including phenoxy) is 1. The summed E-state index contributed by atoms with van der Waals surface area (Å²) in [5.41, 5.74) is 1.48. The molecule has 0 aliphatic carbocycles.